The Kier molecular flexibility index (Phi) is 6.05. The van der Waals surface area contributed by atoms with Crippen LogP contribution in [0.15, 0.2) is 24.3 Å². The number of nitrogens with one attached hydrogen (secondary N) is 1. The van der Waals surface area contributed by atoms with Crippen LogP contribution in [0.5, 0.6) is 0 Å². The van der Waals surface area contributed by atoms with Gasteiger partial charge in [-0.15, -0.1) is 0 Å². The standard InChI is InChI=1S/C23H32N2O2/c1-15-8-7-10-19(12-15)14-25-17(3)20(22(18(25)4)23(26)27)13-24-21-11-6-5-9-16(21)2/h7-8,10,12,16,21,24H,5-6,9,11,13-14H2,1-4H3,(H,26,27). The Morgan fingerprint density at radius 1 is 1.19 bits per heavy atom. The quantitative estimate of drug-likeness (QED) is 0.768. The lowest BCUT2D eigenvalue weighted by atomic mass is 9.86. The molecule has 1 aliphatic rings. The normalized spacial score (nSPS) is 20.0. The number of hydrogen-bond donors (Lipinski definition) is 2. The zero-order valence-electron chi connectivity index (χ0n) is 17.0. The maximum Gasteiger partial charge on any atom is 0.337 e. The second-order valence-electron chi connectivity index (χ2n) is 8.15. The van der Waals surface area contributed by atoms with Crippen LogP contribution in [0.1, 0.15) is 71.0 Å². The number of carbonyl (C=O) groups is 1. The summed E-state index contributed by atoms with van der Waals surface area (Å²) >= 11 is 0. The van der Waals surface area contributed by atoms with Crippen LogP contribution in [-0.2, 0) is 13.1 Å². The zero-order chi connectivity index (χ0) is 19.6. The predicted octanol–water partition coefficient (Wildman–Crippen LogP) is 4.83. The molecule has 0 radical (unpaired) electrons. The van der Waals surface area contributed by atoms with Gasteiger partial charge in [-0.25, -0.2) is 4.79 Å². The van der Waals surface area contributed by atoms with Gasteiger partial charge in [-0.3, -0.25) is 0 Å². The Labute approximate surface area is 162 Å². The molecule has 2 unspecified atom stereocenters. The number of aryl methyl sites for hydroxylation is 1. The van der Waals surface area contributed by atoms with Gasteiger partial charge in [0.15, 0.2) is 0 Å². The van der Waals surface area contributed by atoms with E-state index < -0.39 is 5.97 Å². The molecular weight excluding hydrogens is 336 g/mol. The average molecular weight is 369 g/mol. The van der Waals surface area contributed by atoms with Crippen LogP contribution in [0.3, 0.4) is 0 Å². The summed E-state index contributed by atoms with van der Waals surface area (Å²) in [6.45, 7) is 9.71. The van der Waals surface area contributed by atoms with Gasteiger partial charge >= 0.3 is 5.97 Å². The number of aromatic nitrogens is 1. The summed E-state index contributed by atoms with van der Waals surface area (Å²) < 4.78 is 2.15. The van der Waals surface area contributed by atoms with Crippen LogP contribution >= 0.6 is 0 Å². The van der Waals surface area contributed by atoms with Crippen LogP contribution in [0, 0.1) is 26.7 Å². The van der Waals surface area contributed by atoms with Crippen LogP contribution in [0.25, 0.3) is 0 Å². The van der Waals surface area contributed by atoms with Crippen molar-refractivity contribution in [3.8, 4) is 0 Å². The van der Waals surface area contributed by atoms with Crippen LogP contribution in [0.4, 0.5) is 0 Å². The van der Waals surface area contributed by atoms with Crippen molar-refractivity contribution < 1.29 is 9.90 Å². The van der Waals surface area contributed by atoms with Crippen LogP contribution in [-0.4, -0.2) is 21.7 Å². The topological polar surface area (TPSA) is 54.3 Å². The molecule has 2 aromatic rings. The molecule has 0 bridgehead atoms. The molecule has 0 spiro atoms. The minimum Gasteiger partial charge on any atom is -0.478 e. The Bertz CT molecular complexity index is 822. The van der Waals surface area contributed by atoms with Crippen molar-refractivity contribution in [3.05, 3.63) is 57.9 Å². The first-order chi connectivity index (χ1) is 12.9. The van der Waals surface area contributed by atoms with E-state index >= 15 is 0 Å². The van der Waals surface area contributed by atoms with E-state index in [4.69, 9.17) is 0 Å². The molecule has 146 valence electrons. The molecule has 1 aromatic heterocycles. The first-order valence-electron chi connectivity index (χ1n) is 10.1. The van der Waals surface area contributed by atoms with Gasteiger partial charge in [-0.05, 0) is 45.1 Å². The highest BCUT2D eigenvalue weighted by molar-refractivity contribution is 5.91. The Morgan fingerprint density at radius 3 is 2.59 bits per heavy atom. The van der Waals surface area contributed by atoms with E-state index in [2.05, 4.69) is 54.9 Å². The number of carboxylic acid groups (broad SMARTS) is 1. The van der Waals surface area contributed by atoms with Gasteiger partial charge in [-0.2, -0.15) is 0 Å². The Balaban J connectivity index is 1.87. The lowest BCUT2D eigenvalue weighted by molar-refractivity contribution is 0.0694. The number of hydrogen-bond acceptors (Lipinski definition) is 2. The van der Waals surface area contributed by atoms with E-state index in [0.29, 0.717) is 30.6 Å². The lowest BCUT2D eigenvalue weighted by Crippen LogP contribution is -2.37. The molecule has 1 aliphatic carbocycles. The molecular formula is C23H32N2O2. The van der Waals surface area contributed by atoms with Gasteiger partial charge in [0.25, 0.3) is 0 Å². The molecule has 1 heterocycles. The van der Waals surface area contributed by atoms with Gasteiger partial charge < -0.3 is 15.0 Å². The summed E-state index contributed by atoms with van der Waals surface area (Å²) in [4.78, 5) is 12.0. The van der Waals surface area contributed by atoms with Gasteiger partial charge in [0.05, 0.1) is 5.56 Å². The number of carboxylic acids is 1. The average Bonchev–Trinajstić information content (AvgIpc) is 2.85. The van der Waals surface area contributed by atoms with Crippen molar-refractivity contribution >= 4 is 5.97 Å². The number of benzene rings is 1. The van der Waals surface area contributed by atoms with E-state index in [1.54, 1.807) is 0 Å². The first kappa shape index (κ1) is 19.7. The summed E-state index contributed by atoms with van der Waals surface area (Å²) in [5.41, 5.74) is 5.73. The molecule has 2 N–H and O–H groups in total. The summed E-state index contributed by atoms with van der Waals surface area (Å²) in [6.07, 6.45) is 5.02. The van der Waals surface area contributed by atoms with Crippen molar-refractivity contribution in [2.45, 2.75) is 72.5 Å². The van der Waals surface area contributed by atoms with Crippen molar-refractivity contribution in [2.24, 2.45) is 5.92 Å². The molecule has 1 saturated carbocycles. The van der Waals surface area contributed by atoms with Gasteiger partial charge in [-0.1, -0.05) is 49.6 Å². The first-order valence-corrected chi connectivity index (χ1v) is 10.1. The van der Waals surface area contributed by atoms with Gasteiger partial charge in [0.1, 0.15) is 0 Å². The highest BCUT2D eigenvalue weighted by Gasteiger charge is 2.25. The molecule has 1 aromatic carbocycles. The third-order valence-corrected chi connectivity index (χ3v) is 6.20. The molecule has 0 aliphatic heterocycles. The predicted molar refractivity (Wildman–Crippen MR) is 109 cm³/mol. The van der Waals surface area contributed by atoms with Crippen molar-refractivity contribution in [1.29, 1.82) is 0 Å². The molecule has 3 rings (SSSR count). The Hall–Kier alpha value is -2.07. The van der Waals surface area contributed by atoms with Crippen LogP contribution < -0.4 is 5.32 Å². The minimum atomic E-state index is -0.827. The van der Waals surface area contributed by atoms with E-state index in [9.17, 15) is 9.90 Å². The van der Waals surface area contributed by atoms with E-state index in [0.717, 1.165) is 17.0 Å². The fourth-order valence-electron chi connectivity index (χ4n) is 4.53. The molecule has 1 fully saturated rings. The smallest absolute Gasteiger partial charge is 0.337 e. The molecule has 0 amide bonds. The van der Waals surface area contributed by atoms with Gasteiger partial charge in [0, 0.05) is 36.1 Å². The second kappa shape index (κ2) is 8.30. The van der Waals surface area contributed by atoms with Crippen molar-refractivity contribution in [2.75, 3.05) is 0 Å². The lowest BCUT2D eigenvalue weighted by Gasteiger charge is -2.29. The number of nitrogens with zero attached hydrogens (tertiary/aromatic N) is 1. The Morgan fingerprint density at radius 2 is 1.93 bits per heavy atom. The molecule has 4 nitrogen and oxygen atoms in total. The number of rotatable bonds is 6. The third-order valence-electron chi connectivity index (χ3n) is 6.20. The highest BCUT2D eigenvalue weighted by atomic mass is 16.4. The van der Waals surface area contributed by atoms with Crippen molar-refractivity contribution in [3.63, 3.8) is 0 Å². The van der Waals surface area contributed by atoms with Gasteiger partial charge in [0.2, 0.25) is 0 Å². The summed E-state index contributed by atoms with van der Waals surface area (Å²) in [5, 5.41) is 13.5. The third kappa shape index (κ3) is 4.27. The SMILES string of the molecule is Cc1cccc(Cn2c(C)c(CNC3CCCCC3C)c(C(=O)O)c2C)c1. The van der Waals surface area contributed by atoms with E-state index in [-0.39, 0.29) is 0 Å². The summed E-state index contributed by atoms with van der Waals surface area (Å²) in [5.74, 6) is -0.171. The largest absolute Gasteiger partial charge is 0.478 e. The second-order valence-corrected chi connectivity index (χ2v) is 8.15. The molecule has 27 heavy (non-hydrogen) atoms. The van der Waals surface area contributed by atoms with Crippen LogP contribution in [0.2, 0.25) is 0 Å². The highest BCUT2D eigenvalue weighted by Crippen LogP contribution is 2.27. The number of aromatic carboxylic acids is 1. The van der Waals surface area contributed by atoms with Crippen molar-refractivity contribution in [1.82, 2.24) is 9.88 Å². The fraction of sp³-hybridized carbons (Fsp3) is 0.522. The maximum absolute atomic E-state index is 12.0. The van der Waals surface area contributed by atoms with E-state index in [1.165, 1.54) is 36.8 Å². The maximum atomic E-state index is 12.0. The molecule has 2 atom stereocenters. The summed E-state index contributed by atoms with van der Waals surface area (Å²) in [7, 11) is 0. The van der Waals surface area contributed by atoms with E-state index in [1.807, 2.05) is 6.92 Å². The zero-order valence-corrected chi connectivity index (χ0v) is 17.0. The summed E-state index contributed by atoms with van der Waals surface area (Å²) in [6, 6.07) is 8.90. The molecule has 4 heteroatoms. The monoisotopic (exact) mass is 368 g/mol. The minimum absolute atomic E-state index is 0.469. The molecule has 0 saturated heterocycles. The fourth-order valence-corrected chi connectivity index (χ4v) is 4.53.